The number of methoxy groups -OCH3 is 1. The molecule has 1 atom stereocenters. The van der Waals surface area contributed by atoms with Crippen LogP contribution in [0.3, 0.4) is 0 Å². The van der Waals surface area contributed by atoms with Crippen LogP contribution in [-0.4, -0.2) is 29.6 Å². The summed E-state index contributed by atoms with van der Waals surface area (Å²) in [6.45, 7) is 2.08. The number of hydrogen-bond donors (Lipinski definition) is 1. The topological polar surface area (TPSA) is 78.1 Å². The van der Waals surface area contributed by atoms with Gasteiger partial charge in [-0.1, -0.05) is 24.3 Å². The van der Waals surface area contributed by atoms with Crippen LogP contribution in [0.1, 0.15) is 17.0 Å². The quantitative estimate of drug-likeness (QED) is 0.840. The fourth-order valence-electron chi connectivity index (χ4n) is 2.54. The van der Waals surface area contributed by atoms with Crippen molar-refractivity contribution in [3.63, 3.8) is 0 Å². The predicted molar refractivity (Wildman–Crippen MR) is 79.7 cm³/mol. The largest absolute Gasteiger partial charge is 0.468 e. The van der Waals surface area contributed by atoms with Gasteiger partial charge in [-0.2, -0.15) is 0 Å². The molecule has 0 aliphatic heterocycles. The third-order valence-corrected chi connectivity index (χ3v) is 3.66. The molecule has 0 saturated carbocycles. The van der Waals surface area contributed by atoms with E-state index in [0.717, 1.165) is 11.1 Å². The highest BCUT2D eigenvalue weighted by molar-refractivity contribution is 5.84. The molecule has 5 heteroatoms. The highest BCUT2D eigenvalue weighted by atomic mass is 16.5. The number of nitrogens with zero attached hydrogens (tertiary/aromatic N) is 2. The third-order valence-electron chi connectivity index (χ3n) is 3.66. The van der Waals surface area contributed by atoms with Crippen LogP contribution in [0.2, 0.25) is 0 Å². The Morgan fingerprint density at radius 3 is 2.48 bits per heavy atom. The Kier molecular flexibility index (Phi) is 4.65. The van der Waals surface area contributed by atoms with Crippen LogP contribution in [-0.2, 0) is 21.4 Å². The van der Waals surface area contributed by atoms with Gasteiger partial charge in [0.1, 0.15) is 11.2 Å². The SMILES string of the molecule is COC(=O)C(CN)(Cc1ncccn1)c1ccccc1C. The molecule has 5 nitrogen and oxygen atoms in total. The number of aryl methyl sites for hydroxylation is 1. The van der Waals surface area contributed by atoms with Gasteiger partial charge in [0.05, 0.1) is 7.11 Å². The van der Waals surface area contributed by atoms with Crippen molar-refractivity contribution in [2.45, 2.75) is 18.8 Å². The Hall–Kier alpha value is -2.27. The van der Waals surface area contributed by atoms with Gasteiger partial charge in [-0.3, -0.25) is 4.79 Å². The third kappa shape index (κ3) is 2.92. The highest BCUT2D eigenvalue weighted by Crippen LogP contribution is 2.30. The second kappa shape index (κ2) is 6.45. The van der Waals surface area contributed by atoms with E-state index >= 15 is 0 Å². The summed E-state index contributed by atoms with van der Waals surface area (Å²) in [6.07, 6.45) is 3.61. The Bertz CT molecular complexity index is 616. The molecule has 0 fully saturated rings. The van der Waals surface area contributed by atoms with Gasteiger partial charge < -0.3 is 10.5 Å². The number of carbonyl (C=O) groups is 1. The van der Waals surface area contributed by atoms with E-state index in [1.807, 2.05) is 31.2 Å². The van der Waals surface area contributed by atoms with Gasteiger partial charge in [-0.25, -0.2) is 9.97 Å². The lowest BCUT2D eigenvalue weighted by Gasteiger charge is -2.30. The van der Waals surface area contributed by atoms with Crippen LogP contribution < -0.4 is 5.73 Å². The maximum atomic E-state index is 12.5. The fraction of sp³-hybridized carbons (Fsp3) is 0.312. The monoisotopic (exact) mass is 285 g/mol. The van der Waals surface area contributed by atoms with Crippen LogP contribution in [0, 0.1) is 6.92 Å². The number of carbonyl (C=O) groups excluding carboxylic acids is 1. The van der Waals surface area contributed by atoms with Crippen molar-refractivity contribution >= 4 is 5.97 Å². The van der Waals surface area contributed by atoms with Gasteiger partial charge >= 0.3 is 5.97 Å². The number of nitrogens with two attached hydrogens (primary N) is 1. The first kappa shape index (κ1) is 15.1. The van der Waals surface area contributed by atoms with Gasteiger partial charge in [0.25, 0.3) is 0 Å². The maximum absolute atomic E-state index is 12.5. The number of benzene rings is 1. The van der Waals surface area contributed by atoms with Crippen molar-refractivity contribution < 1.29 is 9.53 Å². The summed E-state index contributed by atoms with van der Waals surface area (Å²) >= 11 is 0. The number of ether oxygens (including phenoxy) is 1. The van der Waals surface area contributed by atoms with E-state index in [2.05, 4.69) is 9.97 Å². The zero-order chi connectivity index (χ0) is 15.3. The molecule has 21 heavy (non-hydrogen) atoms. The van der Waals surface area contributed by atoms with Crippen LogP contribution in [0.4, 0.5) is 0 Å². The summed E-state index contributed by atoms with van der Waals surface area (Å²) < 4.78 is 5.01. The van der Waals surface area contributed by atoms with E-state index in [4.69, 9.17) is 10.5 Å². The molecule has 0 spiro atoms. The normalized spacial score (nSPS) is 13.5. The maximum Gasteiger partial charge on any atom is 0.318 e. The molecular formula is C16H19N3O2. The summed E-state index contributed by atoms with van der Waals surface area (Å²) in [7, 11) is 1.37. The van der Waals surface area contributed by atoms with Gasteiger partial charge in [0.15, 0.2) is 0 Å². The minimum Gasteiger partial charge on any atom is -0.468 e. The van der Waals surface area contributed by atoms with Gasteiger partial charge in [-0.05, 0) is 24.1 Å². The molecule has 0 bridgehead atoms. The number of aromatic nitrogens is 2. The summed E-state index contributed by atoms with van der Waals surface area (Å²) in [5.41, 5.74) is 6.85. The van der Waals surface area contributed by atoms with E-state index in [9.17, 15) is 4.79 Å². The lowest BCUT2D eigenvalue weighted by molar-refractivity contribution is -0.147. The second-order valence-corrected chi connectivity index (χ2v) is 4.93. The first-order valence-corrected chi connectivity index (χ1v) is 6.74. The fourth-order valence-corrected chi connectivity index (χ4v) is 2.54. The molecule has 0 radical (unpaired) electrons. The molecule has 0 saturated heterocycles. The number of hydrogen-bond acceptors (Lipinski definition) is 5. The van der Waals surface area contributed by atoms with E-state index in [0.29, 0.717) is 12.2 Å². The average molecular weight is 285 g/mol. The van der Waals surface area contributed by atoms with Gasteiger partial charge in [0, 0.05) is 25.4 Å². The Labute approximate surface area is 124 Å². The van der Waals surface area contributed by atoms with Crippen molar-refractivity contribution in [2.75, 3.05) is 13.7 Å². The lowest BCUT2D eigenvalue weighted by atomic mass is 9.75. The molecule has 110 valence electrons. The van der Waals surface area contributed by atoms with E-state index < -0.39 is 5.41 Å². The predicted octanol–water partition coefficient (Wildman–Crippen LogP) is 1.40. The summed E-state index contributed by atoms with van der Waals surface area (Å²) in [4.78, 5) is 20.9. The molecular weight excluding hydrogens is 266 g/mol. The minimum atomic E-state index is -0.971. The van der Waals surface area contributed by atoms with E-state index in [-0.39, 0.29) is 12.5 Å². The lowest BCUT2D eigenvalue weighted by Crippen LogP contribution is -2.46. The molecule has 2 N–H and O–H groups in total. The molecule has 1 unspecified atom stereocenters. The smallest absolute Gasteiger partial charge is 0.318 e. The standard InChI is InChI=1S/C16H19N3O2/c1-12-6-3-4-7-13(12)16(11-17,15(20)21-2)10-14-18-8-5-9-19-14/h3-9H,10-11,17H2,1-2H3. The van der Waals surface area contributed by atoms with Crippen molar-refractivity contribution in [1.82, 2.24) is 9.97 Å². The summed E-state index contributed by atoms with van der Waals surface area (Å²) in [5, 5.41) is 0. The Balaban J connectivity index is 2.54. The Morgan fingerprint density at radius 1 is 1.24 bits per heavy atom. The molecule has 0 aliphatic rings. The summed E-state index contributed by atoms with van der Waals surface area (Å²) in [5.74, 6) is 0.198. The van der Waals surface area contributed by atoms with Crippen molar-refractivity contribution in [2.24, 2.45) is 5.73 Å². The van der Waals surface area contributed by atoms with Gasteiger partial charge in [-0.15, -0.1) is 0 Å². The number of rotatable bonds is 5. The van der Waals surface area contributed by atoms with Crippen LogP contribution in [0.25, 0.3) is 0 Å². The van der Waals surface area contributed by atoms with Crippen molar-refractivity contribution in [1.29, 1.82) is 0 Å². The minimum absolute atomic E-state index is 0.128. The first-order valence-electron chi connectivity index (χ1n) is 6.74. The highest BCUT2D eigenvalue weighted by Gasteiger charge is 2.42. The summed E-state index contributed by atoms with van der Waals surface area (Å²) in [6, 6.07) is 9.41. The molecule has 1 heterocycles. The van der Waals surface area contributed by atoms with E-state index in [1.54, 1.807) is 18.5 Å². The van der Waals surface area contributed by atoms with Gasteiger partial charge in [0.2, 0.25) is 0 Å². The van der Waals surface area contributed by atoms with Crippen molar-refractivity contribution in [3.8, 4) is 0 Å². The molecule has 0 aliphatic carbocycles. The average Bonchev–Trinajstić information content (AvgIpc) is 2.53. The molecule has 2 aromatic rings. The second-order valence-electron chi connectivity index (χ2n) is 4.93. The first-order chi connectivity index (χ1) is 10.1. The molecule has 2 rings (SSSR count). The number of esters is 1. The molecule has 0 amide bonds. The van der Waals surface area contributed by atoms with Crippen LogP contribution >= 0.6 is 0 Å². The van der Waals surface area contributed by atoms with Crippen LogP contribution in [0.15, 0.2) is 42.7 Å². The molecule has 1 aromatic carbocycles. The van der Waals surface area contributed by atoms with Crippen molar-refractivity contribution in [3.05, 3.63) is 59.7 Å². The van der Waals surface area contributed by atoms with Crippen LogP contribution in [0.5, 0.6) is 0 Å². The van der Waals surface area contributed by atoms with E-state index in [1.165, 1.54) is 7.11 Å². The Morgan fingerprint density at radius 2 is 1.90 bits per heavy atom. The zero-order valence-electron chi connectivity index (χ0n) is 12.2. The zero-order valence-corrected chi connectivity index (χ0v) is 12.2. The molecule has 1 aromatic heterocycles.